The summed E-state index contributed by atoms with van der Waals surface area (Å²) in [6.07, 6.45) is 3.12. The van der Waals surface area contributed by atoms with Crippen LogP contribution >= 0.6 is 39.7 Å². The lowest BCUT2D eigenvalue weighted by Crippen LogP contribution is -2.35. The largest absolute Gasteiger partial charge is 0.351 e. The molecule has 6 heteroatoms. The van der Waals surface area contributed by atoms with E-state index in [2.05, 4.69) is 39.6 Å². The van der Waals surface area contributed by atoms with Crippen molar-refractivity contribution in [3.05, 3.63) is 20.8 Å². The molecule has 1 aromatic rings. The van der Waals surface area contributed by atoms with E-state index in [1.165, 1.54) is 17.7 Å². The van der Waals surface area contributed by atoms with E-state index in [0.717, 1.165) is 17.6 Å². The van der Waals surface area contributed by atoms with Crippen LogP contribution in [0.1, 0.15) is 31.1 Å². The van der Waals surface area contributed by atoms with Crippen LogP contribution in [0, 0.1) is 11.8 Å². The topological polar surface area (TPSA) is 41.1 Å². The van der Waals surface area contributed by atoms with Gasteiger partial charge in [-0.1, -0.05) is 6.92 Å². The van der Waals surface area contributed by atoms with Crippen molar-refractivity contribution in [2.45, 2.75) is 32.7 Å². The summed E-state index contributed by atoms with van der Waals surface area (Å²) in [5.41, 5.74) is 0. The van der Waals surface area contributed by atoms with Crippen LogP contribution in [0.15, 0.2) is 15.9 Å². The van der Waals surface area contributed by atoms with E-state index in [9.17, 15) is 4.79 Å². The number of hydrogen-bond acceptors (Lipinski definition) is 3. The molecule has 1 amide bonds. The summed E-state index contributed by atoms with van der Waals surface area (Å²) in [7, 11) is 0. The first-order valence-electron chi connectivity index (χ1n) is 6.85. The van der Waals surface area contributed by atoms with Crippen molar-refractivity contribution in [1.29, 1.82) is 0 Å². The number of amides is 1. The molecule has 2 atom stereocenters. The van der Waals surface area contributed by atoms with E-state index in [-0.39, 0.29) is 18.3 Å². The number of rotatable bonds is 5. The number of carbonyl (C=O) groups excluding carboxylic acids is 1. The minimum atomic E-state index is 0. The van der Waals surface area contributed by atoms with Crippen LogP contribution in [0.3, 0.4) is 0 Å². The zero-order chi connectivity index (χ0) is 13.7. The molecule has 1 aliphatic rings. The molecule has 1 aliphatic heterocycles. The lowest BCUT2D eigenvalue weighted by molar-refractivity contribution is -0.122. The van der Waals surface area contributed by atoms with Gasteiger partial charge < -0.3 is 10.6 Å². The van der Waals surface area contributed by atoms with Crippen molar-refractivity contribution in [1.82, 2.24) is 10.6 Å². The lowest BCUT2D eigenvalue weighted by atomic mass is 9.85. The van der Waals surface area contributed by atoms with Gasteiger partial charge in [0.1, 0.15) is 0 Å². The number of halogens is 2. The summed E-state index contributed by atoms with van der Waals surface area (Å²) in [4.78, 5) is 13.1. The highest BCUT2D eigenvalue weighted by Gasteiger charge is 2.21. The predicted molar refractivity (Wildman–Crippen MR) is 90.5 cm³/mol. The van der Waals surface area contributed by atoms with Crippen molar-refractivity contribution in [2.75, 3.05) is 13.1 Å². The summed E-state index contributed by atoms with van der Waals surface area (Å²) in [5.74, 6) is 1.28. The summed E-state index contributed by atoms with van der Waals surface area (Å²) < 4.78 is 1.09. The molecule has 0 aliphatic carbocycles. The monoisotopic (exact) mass is 380 g/mol. The van der Waals surface area contributed by atoms with Gasteiger partial charge in [-0.2, -0.15) is 0 Å². The average Bonchev–Trinajstić information content (AvgIpc) is 2.83. The highest BCUT2D eigenvalue weighted by atomic mass is 79.9. The molecule has 3 nitrogen and oxygen atoms in total. The maximum absolute atomic E-state index is 11.9. The molecule has 2 rings (SSSR count). The summed E-state index contributed by atoms with van der Waals surface area (Å²) >= 11 is 5.09. The molecule has 0 spiro atoms. The van der Waals surface area contributed by atoms with Crippen molar-refractivity contribution in [3.63, 3.8) is 0 Å². The molecule has 1 aromatic heterocycles. The van der Waals surface area contributed by atoms with E-state index in [1.807, 2.05) is 5.38 Å². The molecule has 0 bridgehead atoms. The van der Waals surface area contributed by atoms with Crippen LogP contribution in [0.2, 0.25) is 0 Å². The highest BCUT2D eigenvalue weighted by Crippen LogP contribution is 2.23. The van der Waals surface area contributed by atoms with Gasteiger partial charge in [-0.25, -0.2) is 0 Å². The van der Waals surface area contributed by atoms with Crippen LogP contribution in [0.4, 0.5) is 0 Å². The Balaban J connectivity index is 0.00000200. The fourth-order valence-electron chi connectivity index (χ4n) is 2.53. The Morgan fingerprint density at radius 2 is 2.45 bits per heavy atom. The highest BCUT2D eigenvalue weighted by molar-refractivity contribution is 9.10. The maximum atomic E-state index is 11.9. The van der Waals surface area contributed by atoms with Gasteiger partial charge in [0.2, 0.25) is 5.91 Å². The Labute approximate surface area is 139 Å². The van der Waals surface area contributed by atoms with Crippen LogP contribution < -0.4 is 10.6 Å². The summed E-state index contributed by atoms with van der Waals surface area (Å²) in [6.45, 7) is 5.03. The smallest absolute Gasteiger partial charge is 0.220 e. The van der Waals surface area contributed by atoms with Gasteiger partial charge in [-0.3, -0.25) is 4.79 Å². The van der Waals surface area contributed by atoms with Gasteiger partial charge in [0.05, 0.1) is 6.54 Å². The second-order valence-electron chi connectivity index (χ2n) is 5.30. The Kier molecular flexibility index (Phi) is 8.10. The standard InChI is InChI=1S/C14H21BrN2OS.ClH/c1-10(11-3-2-4-16-7-11)5-14(18)17-8-13-6-12(15)9-19-13;/h6,9-11,16H,2-5,7-8H2,1H3,(H,17,18);1H. The van der Waals surface area contributed by atoms with Crippen LogP contribution in [0.25, 0.3) is 0 Å². The van der Waals surface area contributed by atoms with E-state index >= 15 is 0 Å². The number of nitrogens with one attached hydrogen (secondary N) is 2. The number of hydrogen-bond donors (Lipinski definition) is 2. The zero-order valence-electron chi connectivity index (χ0n) is 11.7. The number of piperidine rings is 1. The van der Waals surface area contributed by atoms with Crippen LogP contribution in [-0.4, -0.2) is 19.0 Å². The molecule has 2 heterocycles. The number of thiophene rings is 1. The average molecular weight is 382 g/mol. The Hall–Kier alpha value is -0.100. The normalized spacial score (nSPS) is 20.0. The Morgan fingerprint density at radius 1 is 1.65 bits per heavy atom. The first-order chi connectivity index (χ1) is 9.15. The molecular weight excluding hydrogens is 360 g/mol. The van der Waals surface area contributed by atoms with Crippen molar-refractivity contribution in [2.24, 2.45) is 11.8 Å². The lowest BCUT2D eigenvalue weighted by Gasteiger charge is -2.27. The SMILES string of the molecule is CC(CC(=O)NCc1cc(Br)cs1)C1CCCNC1.Cl. The van der Waals surface area contributed by atoms with Gasteiger partial charge in [-0.05, 0) is 59.8 Å². The molecule has 20 heavy (non-hydrogen) atoms. The molecule has 0 aromatic carbocycles. The second-order valence-corrected chi connectivity index (χ2v) is 7.21. The molecule has 1 fully saturated rings. The molecule has 2 N–H and O–H groups in total. The maximum Gasteiger partial charge on any atom is 0.220 e. The predicted octanol–water partition coefficient (Wildman–Crippen LogP) is 3.57. The van der Waals surface area contributed by atoms with Crippen LogP contribution in [0.5, 0.6) is 0 Å². The van der Waals surface area contributed by atoms with Gasteiger partial charge in [0.15, 0.2) is 0 Å². The van der Waals surface area contributed by atoms with E-state index in [4.69, 9.17) is 0 Å². The van der Waals surface area contributed by atoms with Crippen molar-refractivity contribution in [3.8, 4) is 0 Å². The zero-order valence-corrected chi connectivity index (χ0v) is 14.9. The first kappa shape index (κ1) is 18.0. The van der Waals surface area contributed by atoms with Gasteiger partial charge in [-0.15, -0.1) is 23.7 Å². The molecule has 0 saturated carbocycles. The quantitative estimate of drug-likeness (QED) is 0.818. The van der Waals surface area contributed by atoms with Gasteiger partial charge >= 0.3 is 0 Å². The minimum absolute atomic E-state index is 0. The fraction of sp³-hybridized carbons (Fsp3) is 0.643. The second kappa shape index (κ2) is 9.03. The van der Waals surface area contributed by atoms with Crippen molar-refractivity contribution >= 4 is 45.6 Å². The third-order valence-electron chi connectivity index (χ3n) is 3.73. The summed E-state index contributed by atoms with van der Waals surface area (Å²) in [5, 5.41) is 8.47. The third-order valence-corrected chi connectivity index (χ3v) is 5.43. The minimum Gasteiger partial charge on any atom is -0.351 e. The third kappa shape index (κ3) is 5.72. The molecule has 0 radical (unpaired) electrons. The van der Waals surface area contributed by atoms with Crippen LogP contribution in [-0.2, 0) is 11.3 Å². The molecule has 114 valence electrons. The van der Waals surface area contributed by atoms with E-state index in [0.29, 0.717) is 24.8 Å². The van der Waals surface area contributed by atoms with E-state index in [1.54, 1.807) is 11.3 Å². The summed E-state index contributed by atoms with van der Waals surface area (Å²) in [6, 6.07) is 2.05. The number of carbonyl (C=O) groups is 1. The fourth-order valence-corrected chi connectivity index (χ4v) is 3.92. The molecule has 2 unspecified atom stereocenters. The Morgan fingerprint density at radius 3 is 3.05 bits per heavy atom. The van der Waals surface area contributed by atoms with E-state index < -0.39 is 0 Å². The van der Waals surface area contributed by atoms with Gasteiger partial charge in [0.25, 0.3) is 0 Å². The Bertz CT molecular complexity index is 421. The first-order valence-corrected chi connectivity index (χ1v) is 8.52. The van der Waals surface area contributed by atoms with Crippen molar-refractivity contribution < 1.29 is 4.79 Å². The molecule has 1 saturated heterocycles. The van der Waals surface area contributed by atoms with Gasteiger partial charge in [0, 0.05) is 21.2 Å². The molecular formula is C14H22BrClN2OS.